The Morgan fingerprint density at radius 2 is 2.17 bits per heavy atom. The van der Waals surface area contributed by atoms with E-state index >= 15 is 0 Å². The third-order valence-electron chi connectivity index (χ3n) is 3.41. The van der Waals surface area contributed by atoms with Gasteiger partial charge in [0.1, 0.15) is 5.82 Å². The largest absolute Gasteiger partial charge is 0.330 e. The summed E-state index contributed by atoms with van der Waals surface area (Å²) in [5.74, 6) is -0.435. The lowest BCUT2D eigenvalue weighted by atomic mass is 9.87. The molecule has 0 bridgehead atoms. The lowest BCUT2D eigenvalue weighted by molar-refractivity contribution is 0.264. The van der Waals surface area contributed by atoms with Crippen LogP contribution in [-0.2, 0) is 7.05 Å². The molecule has 3 rings (SSSR count). The van der Waals surface area contributed by atoms with E-state index in [0.29, 0.717) is 11.2 Å². The maximum atomic E-state index is 13.1. The Labute approximate surface area is 109 Å². The maximum Gasteiger partial charge on any atom is 0.330 e. The molecule has 1 fully saturated rings. The second-order valence-corrected chi connectivity index (χ2v) is 4.59. The van der Waals surface area contributed by atoms with E-state index in [-0.39, 0.29) is 30.2 Å². The number of aryl methyl sites for hydroxylation is 1. The van der Waals surface area contributed by atoms with E-state index in [1.54, 1.807) is 11.6 Å². The molecular formula is C11H14ClFN4O. The number of fused-ring (bicyclic) bond motifs is 1. The molecule has 0 aromatic carbocycles. The number of nitrogens with zero attached hydrogens (tertiary/aromatic N) is 3. The lowest BCUT2D eigenvalue weighted by Gasteiger charge is -2.32. The first kappa shape index (κ1) is 13.0. The molecular weight excluding hydrogens is 259 g/mol. The van der Waals surface area contributed by atoms with E-state index in [4.69, 9.17) is 5.73 Å². The van der Waals surface area contributed by atoms with Crippen LogP contribution in [0.1, 0.15) is 18.9 Å². The Morgan fingerprint density at radius 1 is 1.50 bits per heavy atom. The van der Waals surface area contributed by atoms with Crippen LogP contribution in [0.5, 0.6) is 0 Å². The van der Waals surface area contributed by atoms with Gasteiger partial charge in [-0.3, -0.25) is 9.13 Å². The molecule has 0 amide bonds. The average Bonchev–Trinajstić information content (AvgIpc) is 2.49. The Balaban J connectivity index is 0.00000120. The van der Waals surface area contributed by atoms with Crippen LogP contribution in [0.2, 0.25) is 0 Å². The molecule has 0 radical (unpaired) electrons. The highest BCUT2D eigenvalue weighted by molar-refractivity contribution is 5.85. The van der Waals surface area contributed by atoms with Crippen molar-refractivity contribution in [1.29, 1.82) is 0 Å². The number of aromatic nitrogens is 3. The van der Waals surface area contributed by atoms with Gasteiger partial charge in [-0.1, -0.05) is 0 Å². The van der Waals surface area contributed by atoms with Crippen molar-refractivity contribution in [3.05, 3.63) is 28.6 Å². The fourth-order valence-electron chi connectivity index (χ4n) is 2.38. The third kappa shape index (κ3) is 1.72. The molecule has 2 aromatic heterocycles. The fourth-order valence-corrected chi connectivity index (χ4v) is 2.38. The van der Waals surface area contributed by atoms with Gasteiger partial charge < -0.3 is 5.73 Å². The molecule has 0 atom stereocenters. The van der Waals surface area contributed by atoms with Gasteiger partial charge in [0.2, 0.25) is 0 Å². The van der Waals surface area contributed by atoms with E-state index in [1.165, 1.54) is 10.6 Å². The summed E-state index contributed by atoms with van der Waals surface area (Å²) in [6.07, 6.45) is 2.69. The maximum absolute atomic E-state index is 13.1. The molecule has 98 valence electrons. The van der Waals surface area contributed by atoms with Crippen LogP contribution in [-0.4, -0.2) is 20.2 Å². The lowest BCUT2D eigenvalue weighted by Crippen LogP contribution is -2.41. The summed E-state index contributed by atoms with van der Waals surface area (Å²) >= 11 is 0. The van der Waals surface area contributed by atoms with Crippen LogP contribution in [0, 0.1) is 5.82 Å². The number of hydrogen-bond acceptors (Lipinski definition) is 3. The molecule has 2 N–H and O–H groups in total. The van der Waals surface area contributed by atoms with Gasteiger partial charge in [0.05, 0.1) is 11.7 Å². The van der Waals surface area contributed by atoms with Crippen LogP contribution in [0.25, 0.3) is 11.2 Å². The van der Waals surface area contributed by atoms with Gasteiger partial charge >= 0.3 is 5.69 Å². The molecule has 1 saturated carbocycles. The number of hydrogen-bond donors (Lipinski definition) is 1. The van der Waals surface area contributed by atoms with Crippen molar-refractivity contribution in [2.45, 2.75) is 24.9 Å². The Bertz CT molecular complexity index is 644. The van der Waals surface area contributed by atoms with E-state index in [2.05, 4.69) is 4.98 Å². The first-order valence-corrected chi connectivity index (χ1v) is 5.56. The van der Waals surface area contributed by atoms with Gasteiger partial charge in [0, 0.05) is 25.2 Å². The van der Waals surface area contributed by atoms with Crippen molar-refractivity contribution in [1.82, 2.24) is 14.1 Å². The van der Waals surface area contributed by atoms with Crippen LogP contribution < -0.4 is 11.4 Å². The van der Waals surface area contributed by atoms with Crippen LogP contribution in [0.3, 0.4) is 0 Å². The molecule has 0 saturated heterocycles. The minimum atomic E-state index is -0.435. The van der Waals surface area contributed by atoms with Crippen LogP contribution in [0.4, 0.5) is 4.39 Å². The molecule has 1 aliphatic carbocycles. The molecule has 0 spiro atoms. The van der Waals surface area contributed by atoms with E-state index in [9.17, 15) is 9.18 Å². The first-order chi connectivity index (χ1) is 8.08. The van der Waals surface area contributed by atoms with E-state index < -0.39 is 5.82 Å². The Hall–Kier alpha value is -1.40. The van der Waals surface area contributed by atoms with Gasteiger partial charge in [-0.15, -0.1) is 12.4 Å². The number of rotatable bonds is 1. The average molecular weight is 273 g/mol. The van der Waals surface area contributed by atoms with E-state index in [0.717, 1.165) is 19.0 Å². The molecule has 1 aliphatic rings. The smallest absolute Gasteiger partial charge is 0.328 e. The highest BCUT2D eigenvalue weighted by atomic mass is 35.5. The van der Waals surface area contributed by atoms with Crippen molar-refractivity contribution in [2.24, 2.45) is 12.8 Å². The van der Waals surface area contributed by atoms with Gasteiger partial charge in [-0.25, -0.2) is 14.2 Å². The van der Waals surface area contributed by atoms with Crippen molar-refractivity contribution in [3.8, 4) is 0 Å². The molecule has 2 heterocycles. The van der Waals surface area contributed by atoms with Crippen molar-refractivity contribution < 1.29 is 4.39 Å². The monoisotopic (exact) mass is 272 g/mol. The van der Waals surface area contributed by atoms with Gasteiger partial charge in [0.25, 0.3) is 0 Å². The minimum absolute atomic E-state index is 0. The summed E-state index contributed by atoms with van der Waals surface area (Å²) in [6.45, 7) is 0. The Kier molecular flexibility index (Phi) is 3.16. The SMILES string of the molecule is Cl.Cn1c(=O)n(C2CC(N)C2)c2ncc(F)cc21. The van der Waals surface area contributed by atoms with Crippen LogP contribution >= 0.6 is 12.4 Å². The van der Waals surface area contributed by atoms with Gasteiger partial charge in [0.15, 0.2) is 5.65 Å². The summed E-state index contributed by atoms with van der Waals surface area (Å²) in [5.41, 5.74) is 6.63. The van der Waals surface area contributed by atoms with Gasteiger partial charge in [-0.2, -0.15) is 0 Å². The molecule has 5 nitrogen and oxygen atoms in total. The highest BCUT2D eigenvalue weighted by Crippen LogP contribution is 2.31. The number of halogens is 2. The molecule has 7 heteroatoms. The number of imidazole rings is 1. The summed E-state index contributed by atoms with van der Waals surface area (Å²) in [7, 11) is 1.63. The predicted octanol–water partition coefficient (Wildman–Crippen LogP) is 0.958. The van der Waals surface area contributed by atoms with Gasteiger partial charge in [-0.05, 0) is 12.8 Å². The first-order valence-electron chi connectivity index (χ1n) is 5.56. The zero-order valence-corrected chi connectivity index (χ0v) is 10.7. The van der Waals surface area contributed by atoms with E-state index in [1.807, 2.05) is 0 Å². The second-order valence-electron chi connectivity index (χ2n) is 4.59. The van der Waals surface area contributed by atoms with Crippen molar-refractivity contribution >= 4 is 23.6 Å². The minimum Gasteiger partial charge on any atom is -0.328 e. The topological polar surface area (TPSA) is 65.8 Å². The van der Waals surface area contributed by atoms with Crippen molar-refractivity contribution in [3.63, 3.8) is 0 Å². The highest BCUT2D eigenvalue weighted by Gasteiger charge is 2.31. The summed E-state index contributed by atoms with van der Waals surface area (Å²) in [4.78, 5) is 16.1. The Morgan fingerprint density at radius 3 is 2.78 bits per heavy atom. The number of nitrogens with two attached hydrogens (primary N) is 1. The molecule has 0 aliphatic heterocycles. The summed E-state index contributed by atoms with van der Waals surface area (Å²) in [5, 5.41) is 0. The molecule has 0 unspecified atom stereocenters. The zero-order valence-electron chi connectivity index (χ0n) is 9.84. The van der Waals surface area contributed by atoms with Crippen molar-refractivity contribution in [2.75, 3.05) is 0 Å². The standard InChI is InChI=1S/C11H13FN4O.ClH/c1-15-9-2-6(12)5-14-10(9)16(11(15)17)8-3-7(13)4-8;/h2,5,7-8H,3-4,13H2,1H3;1H. The van der Waals surface area contributed by atoms with Crippen LogP contribution in [0.15, 0.2) is 17.1 Å². The molecule has 18 heavy (non-hydrogen) atoms. The normalized spacial score (nSPS) is 22.6. The fraction of sp³-hybridized carbons (Fsp3) is 0.455. The summed E-state index contributed by atoms with van der Waals surface area (Å²) in [6, 6.07) is 1.58. The predicted molar refractivity (Wildman–Crippen MR) is 68.4 cm³/mol. The third-order valence-corrected chi connectivity index (χ3v) is 3.41. The summed E-state index contributed by atoms with van der Waals surface area (Å²) < 4.78 is 16.2. The zero-order chi connectivity index (χ0) is 12.2. The second kappa shape index (κ2) is 4.37. The quantitative estimate of drug-likeness (QED) is 0.841. The number of pyridine rings is 1. The molecule has 2 aromatic rings.